The number of H-pyrrole nitrogens is 1. The Labute approximate surface area is 114 Å². The number of aryl methyl sites for hydroxylation is 1. The Bertz CT molecular complexity index is 722. The smallest absolute Gasteiger partial charge is 0.336 e. The largest absolute Gasteiger partial charge is 0.478 e. The monoisotopic (exact) mass is 272 g/mol. The lowest BCUT2D eigenvalue weighted by molar-refractivity contribution is 0.0697. The van der Waals surface area contributed by atoms with Gasteiger partial charge in [-0.3, -0.25) is 9.78 Å². The van der Waals surface area contributed by atoms with Gasteiger partial charge in [-0.25, -0.2) is 15.2 Å². The number of rotatable bonds is 4. The minimum absolute atomic E-state index is 0.142. The minimum atomic E-state index is -1.03. The van der Waals surface area contributed by atoms with Gasteiger partial charge in [0.05, 0.1) is 11.8 Å². The number of anilines is 1. The van der Waals surface area contributed by atoms with Gasteiger partial charge in [-0.05, 0) is 13.0 Å². The number of nitrogens with one attached hydrogen (secondary N) is 2. The van der Waals surface area contributed by atoms with Gasteiger partial charge in [0, 0.05) is 17.3 Å². The third-order valence-electron chi connectivity index (χ3n) is 2.44. The maximum atomic E-state index is 11.2. The first-order chi connectivity index (χ1) is 9.56. The summed E-state index contributed by atoms with van der Waals surface area (Å²) in [6, 6.07) is 7.81. The van der Waals surface area contributed by atoms with E-state index in [9.17, 15) is 9.59 Å². The molecule has 102 valence electrons. The van der Waals surface area contributed by atoms with Crippen LogP contribution < -0.4 is 11.0 Å². The summed E-state index contributed by atoms with van der Waals surface area (Å²) in [5, 5.41) is 12.9. The second kappa shape index (κ2) is 5.79. The van der Waals surface area contributed by atoms with E-state index in [0.717, 1.165) is 0 Å². The molecule has 0 atom stereocenters. The summed E-state index contributed by atoms with van der Waals surface area (Å²) < 4.78 is 0. The zero-order valence-electron chi connectivity index (χ0n) is 10.6. The molecule has 0 spiro atoms. The van der Waals surface area contributed by atoms with Crippen LogP contribution in [-0.4, -0.2) is 27.3 Å². The van der Waals surface area contributed by atoms with Crippen LogP contribution in [0.15, 0.2) is 40.2 Å². The molecule has 0 radical (unpaired) electrons. The topological polar surface area (TPSA) is 107 Å². The van der Waals surface area contributed by atoms with Crippen molar-refractivity contribution in [1.82, 2.24) is 9.97 Å². The highest BCUT2D eigenvalue weighted by Crippen LogP contribution is 2.06. The Hall–Kier alpha value is -2.96. The average molecular weight is 272 g/mol. The van der Waals surface area contributed by atoms with Crippen LogP contribution in [0.3, 0.4) is 0 Å². The van der Waals surface area contributed by atoms with Crippen molar-refractivity contribution < 1.29 is 9.90 Å². The fourth-order valence-electron chi connectivity index (χ4n) is 1.60. The van der Waals surface area contributed by atoms with Gasteiger partial charge in [-0.1, -0.05) is 18.2 Å². The van der Waals surface area contributed by atoms with Crippen molar-refractivity contribution in [3.05, 3.63) is 57.5 Å². The zero-order valence-corrected chi connectivity index (χ0v) is 10.6. The highest BCUT2D eigenvalue weighted by atomic mass is 16.4. The third-order valence-corrected chi connectivity index (χ3v) is 2.44. The fraction of sp³-hybridized carbons (Fsp3) is 0.0769. The molecule has 2 rings (SSSR count). The summed E-state index contributed by atoms with van der Waals surface area (Å²) in [5.41, 5.74) is 3.40. The average Bonchev–Trinajstić information content (AvgIpc) is 2.38. The second-order valence-corrected chi connectivity index (χ2v) is 4.00. The van der Waals surface area contributed by atoms with Crippen molar-refractivity contribution in [2.24, 2.45) is 5.10 Å². The third kappa shape index (κ3) is 3.29. The summed E-state index contributed by atoms with van der Waals surface area (Å²) in [7, 11) is 0. The van der Waals surface area contributed by atoms with Crippen LogP contribution in [0.1, 0.15) is 21.6 Å². The normalized spacial score (nSPS) is 10.7. The van der Waals surface area contributed by atoms with Crippen molar-refractivity contribution in [3.8, 4) is 0 Å². The Morgan fingerprint density at radius 1 is 1.45 bits per heavy atom. The van der Waals surface area contributed by atoms with Gasteiger partial charge >= 0.3 is 5.97 Å². The Morgan fingerprint density at radius 2 is 2.20 bits per heavy atom. The number of aromatic amines is 1. The Kier molecular flexibility index (Phi) is 3.90. The van der Waals surface area contributed by atoms with Gasteiger partial charge in [0.1, 0.15) is 0 Å². The first kappa shape index (κ1) is 13.5. The number of aromatic carboxylic acids is 1. The van der Waals surface area contributed by atoms with Crippen LogP contribution in [0.5, 0.6) is 0 Å². The van der Waals surface area contributed by atoms with Crippen LogP contribution in [0.2, 0.25) is 0 Å². The molecular formula is C13H12N4O3. The van der Waals surface area contributed by atoms with Crippen LogP contribution in [0.25, 0.3) is 0 Å². The van der Waals surface area contributed by atoms with E-state index in [1.807, 2.05) is 0 Å². The number of carboxylic acids is 1. The van der Waals surface area contributed by atoms with Crippen LogP contribution in [0, 0.1) is 6.92 Å². The van der Waals surface area contributed by atoms with Crippen LogP contribution >= 0.6 is 0 Å². The first-order valence-corrected chi connectivity index (χ1v) is 5.75. The molecule has 0 saturated heterocycles. The van der Waals surface area contributed by atoms with Crippen molar-refractivity contribution in [2.45, 2.75) is 6.92 Å². The second-order valence-electron chi connectivity index (χ2n) is 4.00. The lowest BCUT2D eigenvalue weighted by Crippen LogP contribution is -2.10. The molecule has 0 aliphatic heterocycles. The number of aromatic nitrogens is 2. The van der Waals surface area contributed by atoms with Crippen molar-refractivity contribution in [2.75, 3.05) is 5.43 Å². The number of carboxylic acid groups (broad SMARTS) is 1. The summed E-state index contributed by atoms with van der Waals surface area (Å²) in [5.74, 6) is -0.840. The Morgan fingerprint density at radius 3 is 2.90 bits per heavy atom. The van der Waals surface area contributed by atoms with E-state index in [1.165, 1.54) is 18.3 Å². The molecule has 0 unspecified atom stereocenters. The summed E-state index contributed by atoms with van der Waals surface area (Å²) in [6.07, 6.45) is 1.35. The van der Waals surface area contributed by atoms with Gasteiger partial charge in [-0.15, -0.1) is 0 Å². The summed E-state index contributed by atoms with van der Waals surface area (Å²) in [6.45, 7) is 1.68. The highest BCUT2D eigenvalue weighted by molar-refractivity contribution is 5.98. The maximum Gasteiger partial charge on any atom is 0.336 e. The van der Waals surface area contributed by atoms with Crippen LogP contribution in [-0.2, 0) is 0 Å². The molecule has 0 amide bonds. The van der Waals surface area contributed by atoms with Gasteiger partial charge in [-0.2, -0.15) is 5.10 Å². The molecule has 1 aromatic heterocycles. The molecular weight excluding hydrogens is 260 g/mol. The first-order valence-electron chi connectivity index (χ1n) is 5.75. The predicted octanol–water partition coefficient (Wildman–Crippen LogP) is 1.22. The minimum Gasteiger partial charge on any atom is -0.478 e. The molecule has 1 aromatic carbocycles. The molecule has 0 aliphatic rings. The van der Waals surface area contributed by atoms with Crippen molar-refractivity contribution in [3.63, 3.8) is 0 Å². The van der Waals surface area contributed by atoms with Gasteiger partial charge in [0.2, 0.25) is 5.95 Å². The zero-order chi connectivity index (χ0) is 14.5. The lowest BCUT2D eigenvalue weighted by atomic mass is 10.1. The maximum absolute atomic E-state index is 11.2. The number of hydrazone groups is 1. The molecule has 0 saturated carbocycles. The molecule has 7 nitrogen and oxygen atoms in total. The van der Waals surface area contributed by atoms with Gasteiger partial charge in [0.25, 0.3) is 5.56 Å². The quantitative estimate of drug-likeness (QED) is 0.573. The molecule has 3 N–H and O–H groups in total. The number of benzene rings is 1. The van der Waals surface area contributed by atoms with E-state index in [2.05, 4.69) is 20.5 Å². The fourth-order valence-corrected chi connectivity index (χ4v) is 1.60. The van der Waals surface area contributed by atoms with Crippen molar-refractivity contribution in [1.29, 1.82) is 0 Å². The van der Waals surface area contributed by atoms with E-state index in [-0.39, 0.29) is 17.1 Å². The lowest BCUT2D eigenvalue weighted by Gasteiger charge is -2.01. The van der Waals surface area contributed by atoms with Gasteiger partial charge < -0.3 is 5.11 Å². The molecule has 0 bridgehead atoms. The number of nitrogens with zero attached hydrogens (tertiary/aromatic N) is 2. The molecule has 0 aliphatic carbocycles. The molecule has 7 heteroatoms. The number of hydrogen-bond acceptors (Lipinski definition) is 5. The highest BCUT2D eigenvalue weighted by Gasteiger charge is 2.06. The van der Waals surface area contributed by atoms with Gasteiger partial charge in [0.15, 0.2) is 0 Å². The standard InChI is InChI=1S/C13H12N4O3/c1-8-6-11(18)16-13(15-8)17-14-7-9-4-2-3-5-10(9)12(19)20/h2-7H,1H3,(H,19,20)(H2,15,16,17,18)/b14-7-. The van der Waals surface area contributed by atoms with E-state index in [0.29, 0.717) is 11.3 Å². The van der Waals surface area contributed by atoms with E-state index in [4.69, 9.17) is 5.11 Å². The Balaban J connectivity index is 2.18. The summed E-state index contributed by atoms with van der Waals surface area (Å²) >= 11 is 0. The number of hydrogen-bond donors (Lipinski definition) is 3. The van der Waals surface area contributed by atoms with Crippen molar-refractivity contribution >= 4 is 18.1 Å². The predicted molar refractivity (Wildman–Crippen MR) is 74.2 cm³/mol. The molecule has 0 fully saturated rings. The van der Waals surface area contributed by atoms with E-state index < -0.39 is 5.97 Å². The van der Waals surface area contributed by atoms with E-state index in [1.54, 1.807) is 25.1 Å². The molecule has 2 aromatic rings. The summed E-state index contributed by atoms with van der Waals surface area (Å²) in [4.78, 5) is 28.7. The molecule has 1 heterocycles. The SMILES string of the molecule is Cc1cc(=O)[nH]c(N/N=C\c2ccccc2C(=O)O)n1. The number of carbonyl (C=O) groups is 1. The molecule has 20 heavy (non-hydrogen) atoms. The van der Waals surface area contributed by atoms with E-state index >= 15 is 0 Å². The van der Waals surface area contributed by atoms with Crippen LogP contribution in [0.4, 0.5) is 5.95 Å².